The Labute approximate surface area is 166 Å². The third kappa shape index (κ3) is 3.45. The summed E-state index contributed by atoms with van der Waals surface area (Å²) in [5, 5.41) is 11.7. The van der Waals surface area contributed by atoms with E-state index in [0.717, 1.165) is 22.5 Å². The molecule has 2 N–H and O–H groups in total. The maximum atomic E-state index is 12.8. The van der Waals surface area contributed by atoms with Crippen molar-refractivity contribution in [3.8, 4) is 0 Å². The van der Waals surface area contributed by atoms with Crippen molar-refractivity contribution >= 4 is 28.7 Å². The van der Waals surface area contributed by atoms with Crippen molar-refractivity contribution in [2.24, 2.45) is 5.92 Å². The molecule has 2 aliphatic rings. The minimum Gasteiger partial charge on any atom is -0.322 e. The number of aryl methyl sites for hydroxylation is 1. The number of hydrazine groups is 1. The zero-order valence-electron chi connectivity index (χ0n) is 16.1. The maximum Gasteiger partial charge on any atom is 0.344 e. The van der Waals surface area contributed by atoms with Crippen LogP contribution in [0.5, 0.6) is 0 Å². The fourth-order valence-electron chi connectivity index (χ4n) is 3.87. The summed E-state index contributed by atoms with van der Waals surface area (Å²) < 4.78 is 1.10. The second kappa shape index (κ2) is 7.26. The monoisotopic (exact) mass is 398 g/mol. The average Bonchev–Trinajstić information content (AvgIpc) is 2.94. The lowest BCUT2D eigenvalue weighted by atomic mass is 9.77. The van der Waals surface area contributed by atoms with Crippen LogP contribution in [-0.4, -0.2) is 43.4 Å². The van der Waals surface area contributed by atoms with Gasteiger partial charge in [-0.05, 0) is 43.7 Å². The molecule has 1 saturated carbocycles. The molecule has 0 bridgehead atoms. The first-order chi connectivity index (χ1) is 13.9. The van der Waals surface area contributed by atoms with Crippen molar-refractivity contribution in [3.63, 3.8) is 0 Å². The topological polar surface area (TPSA) is 126 Å². The summed E-state index contributed by atoms with van der Waals surface area (Å²) in [7, 11) is 0. The third-order valence-corrected chi connectivity index (χ3v) is 5.71. The molecule has 1 aromatic carbocycles. The number of nitrogens with zero attached hydrogens (tertiary/aromatic N) is 4. The van der Waals surface area contributed by atoms with Gasteiger partial charge in [0.2, 0.25) is 5.91 Å². The summed E-state index contributed by atoms with van der Waals surface area (Å²) >= 11 is 0. The van der Waals surface area contributed by atoms with E-state index in [1.165, 1.54) is 0 Å². The zero-order chi connectivity index (χ0) is 20.6. The molecule has 0 radical (unpaired) electrons. The SMILES string of the molecule is CC1CCC2(CC1)NC(=O)N(NC(=O)CCn1nnc3ccccc3c1=O)C2=O. The Hall–Kier alpha value is -3.30. The highest BCUT2D eigenvalue weighted by Gasteiger charge is 2.52. The molecule has 152 valence electrons. The fraction of sp³-hybridized carbons (Fsp3) is 0.474. The number of carbonyl (C=O) groups excluding carboxylic acids is 3. The number of benzene rings is 1. The van der Waals surface area contributed by atoms with Gasteiger partial charge in [-0.15, -0.1) is 5.10 Å². The Morgan fingerprint density at radius 2 is 1.97 bits per heavy atom. The second-order valence-corrected chi connectivity index (χ2v) is 7.76. The first-order valence-corrected chi connectivity index (χ1v) is 9.68. The molecule has 4 amide bonds. The highest BCUT2D eigenvalue weighted by atomic mass is 16.2. The number of hydrogen-bond acceptors (Lipinski definition) is 6. The predicted octanol–water partition coefficient (Wildman–Crippen LogP) is 0.713. The number of hydrogen-bond donors (Lipinski definition) is 2. The minimum atomic E-state index is -0.919. The molecule has 4 rings (SSSR count). The molecule has 2 heterocycles. The molecule has 1 spiro atoms. The van der Waals surface area contributed by atoms with Crippen LogP contribution in [0.15, 0.2) is 29.1 Å². The Morgan fingerprint density at radius 1 is 1.24 bits per heavy atom. The maximum absolute atomic E-state index is 12.8. The number of fused-ring (bicyclic) bond motifs is 1. The fourth-order valence-corrected chi connectivity index (χ4v) is 3.87. The summed E-state index contributed by atoms with van der Waals surface area (Å²) in [6.45, 7) is 2.10. The van der Waals surface area contributed by atoms with Crippen molar-refractivity contribution in [3.05, 3.63) is 34.6 Å². The van der Waals surface area contributed by atoms with Gasteiger partial charge in [-0.2, -0.15) is 5.01 Å². The van der Waals surface area contributed by atoms with Gasteiger partial charge in [0.05, 0.1) is 11.9 Å². The van der Waals surface area contributed by atoms with E-state index in [-0.39, 0.29) is 18.5 Å². The van der Waals surface area contributed by atoms with Crippen LogP contribution in [0.25, 0.3) is 10.9 Å². The van der Waals surface area contributed by atoms with Gasteiger partial charge >= 0.3 is 6.03 Å². The van der Waals surface area contributed by atoms with Crippen LogP contribution in [0.3, 0.4) is 0 Å². The van der Waals surface area contributed by atoms with E-state index in [2.05, 4.69) is 28.0 Å². The van der Waals surface area contributed by atoms with E-state index in [0.29, 0.717) is 29.7 Å². The molecule has 0 unspecified atom stereocenters. The molecule has 1 aliphatic heterocycles. The van der Waals surface area contributed by atoms with E-state index in [1.54, 1.807) is 24.3 Å². The normalized spacial score (nSPS) is 24.2. The van der Waals surface area contributed by atoms with E-state index in [4.69, 9.17) is 0 Å². The summed E-state index contributed by atoms with van der Waals surface area (Å²) in [6.07, 6.45) is 2.68. The molecule has 2 aromatic rings. The van der Waals surface area contributed by atoms with Crippen LogP contribution in [0.1, 0.15) is 39.0 Å². The van der Waals surface area contributed by atoms with Crippen LogP contribution in [0.4, 0.5) is 4.79 Å². The molecule has 10 heteroatoms. The number of nitrogens with one attached hydrogen (secondary N) is 2. The molecule has 1 aliphatic carbocycles. The smallest absolute Gasteiger partial charge is 0.322 e. The highest BCUT2D eigenvalue weighted by Crippen LogP contribution is 2.35. The lowest BCUT2D eigenvalue weighted by Crippen LogP contribution is -2.51. The van der Waals surface area contributed by atoms with E-state index >= 15 is 0 Å². The average molecular weight is 398 g/mol. The lowest BCUT2D eigenvalue weighted by molar-refractivity contribution is -0.140. The van der Waals surface area contributed by atoms with Gasteiger partial charge in [-0.3, -0.25) is 19.8 Å². The Bertz CT molecular complexity index is 1040. The molecule has 2 fully saturated rings. The molecular weight excluding hydrogens is 376 g/mol. The van der Waals surface area contributed by atoms with Gasteiger partial charge < -0.3 is 5.32 Å². The lowest BCUT2D eigenvalue weighted by Gasteiger charge is -2.33. The number of carbonyl (C=O) groups is 3. The van der Waals surface area contributed by atoms with Crippen LogP contribution >= 0.6 is 0 Å². The molecule has 29 heavy (non-hydrogen) atoms. The summed E-state index contributed by atoms with van der Waals surface area (Å²) in [6, 6.07) is 6.18. The number of imide groups is 1. The molecule has 1 aromatic heterocycles. The van der Waals surface area contributed by atoms with Crippen LogP contribution in [-0.2, 0) is 16.1 Å². The van der Waals surface area contributed by atoms with Crippen LogP contribution < -0.4 is 16.3 Å². The number of amides is 4. The van der Waals surface area contributed by atoms with Crippen molar-refractivity contribution in [1.29, 1.82) is 0 Å². The van der Waals surface area contributed by atoms with Gasteiger partial charge in [0, 0.05) is 6.42 Å². The van der Waals surface area contributed by atoms with Crippen molar-refractivity contribution in [1.82, 2.24) is 30.7 Å². The number of urea groups is 1. The van der Waals surface area contributed by atoms with Gasteiger partial charge in [0.1, 0.15) is 11.1 Å². The summed E-state index contributed by atoms with van der Waals surface area (Å²) in [5.41, 5.74) is 1.56. The standard InChI is InChI=1S/C19H22N6O4/c1-12-6-9-19(10-7-12)17(28)25(18(29)20-19)22-15(26)8-11-24-16(27)13-4-2-3-5-14(13)21-23-24/h2-5,12H,6-11H2,1H3,(H,20,29)(H,22,26). The van der Waals surface area contributed by atoms with Crippen molar-refractivity contribution in [2.75, 3.05) is 0 Å². The van der Waals surface area contributed by atoms with Crippen molar-refractivity contribution < 1.29 is 14.4 Å². The van der Waals surface area contributed by atoms with Gasteiger partial charge in [0.25, 0.3) is 11.5 Å². The number of aromatic nitrogens is 3. The molecular formula is C19H22N6O4. The Morgan fingerprint density at radius 3 is 2.72 bits per heavy atom. The van der Waals surface area contributed by atoms with Crippen LogP contribution in [0, 0.1) is 5.92 Å². The minimum absolute atomic E-state index is 0.0190. The van der Waals surface area contributed by atoms with E-state index in [9.17, 15) is 19.2 Å². The largest absolute Gasteiger partial charge is 0.344 e. The van der Waals surface area contributed by atoms with Crippen molar-refractivity contribution in [2.45, 2.75) is 51.1 Å². The highest BCUT2D eigenvalue weighted by molar-refractivity contribution is 6.08. The number of rotatable bonds is 4. The van der Waals surface area contributed by atoms with Gasteiger partial charge in [-0.1, -0.05) is 24.3 Å². The molecule has 0 atom stereocenters. The van der Waals surface area contributed by atoms with E-state index < -0.39 is 23.4 Å². The Balaban J connectivity index is 1.40. The third-order valence-electron chi connectivity index (χ3n) is 5.71. The summed E-state index contributed by atoms with van der Waals surface area (Å²) in [4.78, 5) is 49.7. The van der Waals surface area contributed by atoms with Gasteiger partial charge in [-0.25, -0.2) is 9.48 Å². The molecule has 10 nitrogen and oxygen atoms in total. The molecule has 1 saturated heterocycles. The second-order valence-electron chi connectivity index (χ2n) is 7.76. The first-order valence-electron chi connectivity index (χ1n) is 9.68. The van der Waals surface area contributed by atoms with Crippen LogP contribution in [0.2, 0.25) is 0 Å². The van der Waals surface area contributed by atoms with Gasteiger partial charge in [0.15, 0.2) is 0 Å². The zero-order valence-corrected chi connectivity index (χ0v) is 16.1. The quantitative estimate of drug-likeness (QED) is 0.731. The Kier molecular flexibility index (Phi) is 4.77. The first kappa shape index (κ1) is 19.0. The predicted molar refractivity (Wildman–Crippen MR) is 102 cm³/mol. The van der Waals surface area contributed by atoms with E-state index in [1.807, 2.05) is 0 Å². The summed E-state index contributed by atoms with van der Waals surface area (Å²) in [5.74, 6) is -0.475.